The standard InChI is InChI=1S/C11H12ClN3O/c1-7(14)4-11(16)15-10-3-2-8(6-13)5-9(10)12/h2-3,5,7H,4,14H2,1H3,(H,15,16). The van der Waals surface area contributed by atoms with Gasteiger partial charge in [-0.2, -0.15) is 5.26 Å². The first-order valence-corrected chi connectivity index (χ1v) is 5.16. The van der Waals surface area contributed by atoms with E-state index in [0.29, 0.717) is 16.3 Å². The van der Waals surface area contributed by atoms with Crippen molar-refractivity contribution in [2.45, 2.75) is 19.4 Å². The van der Waals surface area contributed by atoms with Gasteiger partial charge < -0.3 is 11.1 Å². The van der Waals surface area contributed by atoms with E-state index in [1.165, 1.54) is 6.07 Å². The van der Waals surface area contributed by atoms with E-state index in [1.807, 2.05) is 6.07 Å². The fourth-order valence-corrected chi connectivity index (χ4v) is 1.41. The maximum absolute atomic E-state index is 11.4. The minimum Gasteiger partial charge on any atom is -0.327 e. The molecule has 0 bridgehead atoms. The first-order chi connectivity index (χ1) is 7.52. The zero-order valence-corrected chi connectivity index (χ0v) is 9.58. The molecule has 0 spiro atoms. The average Bonchev–Trinajstić information content (AvgIpc) is 2.19. The fraction of sp³-hybridized carbons (Fsp3) is 0.273. The van der Waals surface area contributed by atoms with Crippen molar-refractivity contribution in [3.63, 3.8) is 0 Å². The summed E-state index contributed by atoms with van der Waals surface area (Å²) in [5.74, 6) is -0.193. The van der Waals surface area contributed by atoms with Gasteiger partial charge in [0.15, 0.2) is 0 Å². The van der Waals surface area contributed by atoms with E-state index in [1.54, 1.807) is 19.1 Å². The molecule has 0 saturated heterocycles. The zero-order valence-electron chi connectivity index (χ0n) is 8.83. The van der Waals surface area contributed by atoms with Gasteiger partial charge in [-0.15, -0.1) is 0 Å². The van der Waals surface area contributed by atoms with E-state index in [2.05, 4.69) is 5.32 Å². The number of carbonyl (C=O) groups is 1. The summed E-state index contributed by atoms with van der Waals surface area (Å²) in [6, 6.07) is 6.46. The monoisotopic (exact) mass is 237 g/mol. The molecule has 0 aliphatic heterocycles. The summed E-state index contributed by atoms with van der Waals surface area (Å²) in [4.78, 5) is 11.4. The highest BCUT2D eigenvalue weighted by Crippen LogP contribution is 2.22. The molecule has 3 N–H and O–H groups in total. The van der Waals surface area contributed by atoms with Crippen LogP contribution in [0.1, 0.15) is 18.9 Å². The third-order valence-corrected chi connectivity index (χ3v) is 2.19. The minimum absolute atomic E-state index is 0.193. The second-order valence-corrected chi connectivity index (χ2v) is 3.94. The second kappa shape index (κ2) is 5.50. The summed E-state index contributed by atoms with van der Waals surface area (Å²) < 4.78 is 0. The Bertz CT molecular complexity index is 437. The summed E-state index contributed by atoms with van der Waals surface area (Å²) in [7, 11) is 0. The van der Waals surface area contributed by atoms with E-state index in [-0.39, 0.29) is 18.4 Å². The Morgan fingerprint density at radius 1 is 1.69 bits per heavy atom. The van der Waals surface area contributed by atoms with Gasteiger partial charge in [-0.05, 0) is 25.1 Å². The van der Waals surface area contributed by atoms with Gasteiger partial charge in [-0.1, -0.05) is 11.6 Å². The third kappa shape index (κ3) is 3.54. The maximum Gasteiger partial charge on any atom is 0.225 e. The van der Waals surface area contributed by atoms with Gasteiger partial charge in [-0.25, -0.2) is 0 Å². The quantitative estimate of drug-likeness (QED) is 0.843. The molecule has 0 fully saturated rings. The smallest absolute Gasteiger partial charge is 0.225 e. The predicted molar refractivity (Wildman–Crippen MR) is 63.1 cm³/mol. The molecule has 1 aromatic carbocycles. The molecular formula is C11H12ClN3O. The molecule has 5 heteroatoms. The maximum atomic E-state index is 11.4. The van der Waals surface area contributed by atoms with Crippen LogP contribution in [0.25, 0.3) is 0 Å². The van der Waals surface area contributed by atoms with Crippen LogP contribution in [0.4, 0.5) is 5.69 Å². The van der Waals surface area contributed by atoms with Gasteiger partial charge in [0.1, 0.15) is 0 Å². The molecule has 1 amide bonds. The summed E-state index contributed by atoms with van der Waals surface area (Å²) in [6.45, 7) is 1.75. The molecule has 0 radical (unpaired) electrons. The number of hydrogen-bond donors (Lipinski definition) is 2. The van der Waals surface area contributed by atoms with Crippen LogP contribution in [0.5, 0.6) is 0 Å². The lowest BCUT2D eigenvalue weighted by Crippen LogP contribution is -2.24. The van der Waals surface area contributed by atoms with Gasteiger partial charge in [0.25, 0.3) is 0 Å². The van der Waals surface area contributed by atoms with Crippen LogP contribution < -0.4 is 11.1 Å². The number of rotatable bonds is 3. The Kier molecular flexibility index (Phi) is 4.29. The highest BCUT2D eigenvalue weighted by Gasteiger charge is 2.08. The number of nitriles is 1. The lowest BCUT2D eigenvalue weighted by Gasteiger charge is -2.08. The van der Waals surface area contributed by atoms with Gasteiger partial charge >= 0.3 is 0 Å². The van der Waals surface area contributed by atoms with Gasteiger partial charge in [0, 0.05) is 12.5 Å². The van der Waals surface area contributed by atoms with Crippen LogP contribution >= 0.6 is 11.6 Å². The number of halogens is 1. The number of hydrogen-bond acceptors (Lipinski definition) is 3. The third-order valence-electron chi connectivity index (χ3n) is 1.88. The normalized spacial score (nSPS) is 11.6. The van der Waals surface area contributed by atoms with Crippen molar-refractivity contribution in [1.82, 2.24) is 0 Å². The Balaban J connectivity index is 2.75. The van der Waals surface area contributed by atoms with Crippen molar-refractivity contribution in [3.8, 4) is 6.07 Å². The lowest BCUT2D eigenvalue weighted by molar-refractivity contribution is -0.116. The molecular weight excluding hydrogens is 226 g/mol. The van der Waals surface area contributed by atoms with E-state index >= 15 is 0 Å². The molecule has 1 unspecified atom stereocenters. The summed E-state index contributed by atoms with van der Waals surface area (Å²) in [6.07, 6.45) is 0.232. The van der Waals surface area contributed by atoms with Crippen LogP contribution in [0.15, 0.2) is 18.2 Å². The van der Waals surface area contributed by atoms with Crippen molar-refractivity contribution in [2.24, 2.45) is 5.73 Å². The predicted octanol–water partition coefficient (Wildman–Crippen LogP) is 1.89. The van der Waals surface area contributed by atoms with Gasteiger partial charge in [0.2, 0.25) is 5.91 Å². The number of amides is 1. The topological polar surface area (TPSA) is 78.9 Å². The molecule has 16 heavy (non-hydrogen) atoms. The van der Waals surface area contributed by atoms with E-state index in [0.717, 1.165) is 0 Å². The number of anilines is 1. The SMILES string of the molecule is CC(N)CC(=O)Nc1ccc(C#N)cc1Cl. The van der Waals surface area contributed by atoms with E-state index < -0.39 is 0 Å². The van der Waals surface area contributed by atoms with Gasteiger partial charge in [0.05, 0.1) is 22.3 Å². The van der Waals surface area contributed by atoms with Crippen LogP contribution in [0, 0.1) is 11.3 Å². The highest BCUT2D eigenvalue weighted by atomic mass is 35.5. The number of benzene rings is 1. The molecule has 1 atom stereocenters. The molecule has 1 aromatic rings. The molecule has 0 saturated carbocycles. The van der Waals surface area contributed by atoms with Crippen molar-refractivity contribution < 1.29 is 4.79 Å². The molecule has 84 valence electrons. The molecule has 0 aliphatic rings. The first-order valence-electron chi connectivity index (χ1n) is 4.78. The van der Waals surface area contributed by atoms with Crippen LogP contribution in [0.2, 0.25) is 5.02 Å². The second-order valence-electron chi connectivity index (χ2n) is 3.54. The van der Waals surface area contributed by atoms with Crippen LogP contribution in [-0.2, 0) is 4.79 Å². The molecule has 0 aromatic heterocycles. The van der Waals surface area contributed by atoms with Crippen LogP contribution in [-0.4, -0.2) is 11.9 Å². The number of nitrogens with two attached hydrogens (primary N) is 1. The van der Waals surface area contributed by atoms with Crippen LogP contribution in [0.3, 0.4) is 0 Å². The van der Waals surface area contributed by atoms with Crippen molar-refractivity contribution in [3.05, 3.63) is 28.8 Å². The zero-order chi connectivity index (χ0) is 12.1. The molecule has 0 heterocycles. The lowest BCUT2D eigenvalue weighted by atomic mass is 10.2. The average molecular weight is 238 g/mol. The first kappa shape index (κ1) is 12.5. The minimum atomic E-state index is -0.197. The largest absolute Gasteiger partial charge is 0.327 e. The van der Waals surface area contributed by atoms with E-state index in [4.69, 9.17) is 22.6 Å². The Hall–Kier alpha value is -1.57. The van der Waals surface area contributed by atoms with Gasteiger partial charge in [-0.3, -0.25) is 4.79 Å². The summed E-state index contributed by atoms with van der Waals surface area (Å²) in [5.41, 5.74) is 6.44. The van der Waals surface area contributed by atoms with Crippen molar-refractivity contribution in [2.75, 3.05) is 5.32 Å². The number of nitrogens with one attached hydrogen (secondary N) is 1. The summed E-state index contributed by atoms with van der Waals surface area (Å²) >= 11 is 5.89. The number of nitrogens with zero attached hydrogens (tertiary/aromatic N) is 1. The Morgan fingerprint density at radius 3 is 2.88 bits per heavy atom. The number of carbonyl (C=O) groups excluding carboxylic acids is 1. The van der Waals surface area contributed by atoms with Crippen molar-refractivity contribution in [1.29, 1.82) is 5.26 Å². The fourth-order valence-electron chi connectivity index (χ4n) is 1.18. The molecule has 4 nitrogen and oxygen atoms in total. The molecule has 0 aliphatic carbocycles. The van der Waals surface area contributed by atoms with E-state index in [9.17, 15) is 4.79 Å². The Labute approximate surface area is 99.0 Å². The summed E-state index contributed by atoms with van der Waals surface area (Å²) in [5, 5.41) is 11.6. The highest BCUT2D eigenvalue weighted by molar-refractivity contribution is 6.33. The van der Waals surface area contributed by atoms with Crippen molar-refractivity contribution >= 4 is 23.2 Å². The molecule has 1 rings (SSSR count). The Morgan fingerprint density at radius 2 is 2.38 bits per heavy atom.